The van der Waals surface area contributed by atoms with Crippen molar-refractivity contribution in [3.05, 3.63) is 46.0 Å². The van der Waals surface area contributed by atoms with E-state index in [1.807, 2.05) is 27.7 Å². The van der Waals surface area contributed by atoms with Crippen molar-refractivity contribution in [3.8, 4) is 5.69 Å². The van der Waals surface area contributed by atoms with E-state index in [2.05, 4.69) is 54.3 Å². The zero-order chi connectivity index (χ0) is 23.0. The monoisotopic (exact) mass is 460 g/mol. The molecule has 0 N–H and O–H groups in total. The molecule has 174 valence electrons. The van der Waals surface area contributed by atoms with Gasteiger partial charge in [0.1, 0.15) is 18.3 Å². The summed E-state index contributed by atoms with van der Waals surface area (Å²) in [7, 11) is 0. The van der Waals surface area contributed by atoms with Gasteiger partial charge >= 0.3 is 0 Å². The van der Waals surface area contributed by atoms with Gasteiger partial charge in [0.25, 0.3) is 0 Å². The molecule has 8 heteroatoms. The maximum absolute atomic E-state index is 6.39. The summed E-state index contributed by atoms with van der Waals surface area (Å²) in [6.07, 6.45) is 0.734. The van der Waals surface area contributed by atoms with Crippen LogP contribution in [0.1, 0.15) is 50.6 Å². The molecule has 3 saturated heterocycles. The van der Waals surface area contributed by atoms with Crippen molar-refractivity contribution in [2.24, 2.45) is 0 Å². The number of benzene rings is 1. The van der Waals surface area contributed by atoms with Crippen LogP contribution in [0.4, 0.5) is 0 Å². The lowest BCUT2D eigenvalue weighted by Gasteiger charge is -2.29. The maximum Gasteiger partial charge on any atom is 0.189 e. The fraction of sp³-hybridized carbons (Fsp3) is 0.625. The van der Waals surface area contributed by atoms with Gasteiger partial charge in [-0.3, -0.25) is 4.57 Å². The summed E-state index contributed by atoms with van der Waals surface area (Å²) < 4.78 is 35.8. The Labute approximate surface area is 194 Å². The van der Waals surface area contributed by atoms with Crippen molar-refractivity contribution in [1.29, 1.82) is 0 Å². The molecule has 0 aliphatic carbocycles. The zero-order valence-electron chi connectivity index (χ0n) is 19.7. The van der Waals surface area contributed by atoms with E-state index in [4.69, 9.17) is 35.9 Å². The topological polar surface area (TPSA) is 56.0 Å². The molecule has 1 aromatic heterocycles. The van der Waals surface area contributed by atoms with E-state index in [0.717, 1.165) is 11.4 Å². The van der Waals surface area contributed by atoms with Crippen LogP contribution in [-0.4, -0.2) is 51.9 Å². The Kier molecular flexibility index (Phi) is 5.20. The van der Waals surface area contributed by atoms with Crippen LogP contribution in [0.3, 0.4) is 0 Å². The Bertz CT molecular complexity index is 1080. The zero-order valence-corrected chi connectivity index (χ0v) is 20.6. The standard InChI is InChI=1S/C24H32N2O5S/c1-13-9-8-10-14(2)17(13)26-15(3)11-25(22(26)32)18-19(16-12-27-23(4,5)29-16)28-21-20(18)30-24(6,7)31-21/h8-11,16,18-21H,12H2,1-7H3/t16-,18-,19-,20-,21-/m1/s1. The van der Waals surface area contributed by atoms with Gasteiger partial charge in [0, 0.05) is 11.9 Å². The molecular weight excluding hydrogens is 428 g/mol. The first-order valence-corrected chi connectivity index (χ1v) is 11.6. The Morgan fingerprint density at radius 3 is 2.25 bits per heavy atom. The van der Waals surface area contributed by atoms with E-state index >= 15 is 0 Å². The lowest BCUT2D eigenvalue weighted by molar-refractivity contribution is -0.225. The number of fused-ring (bicyclic) bond motifs is 1. The minimum absolute atomic E-state index is 0.207. The molecule has 4 heterocycles. The second-order valence-electron chi connectivity index (χ2n) is 9.96. The number of para-hydroxylation sites is 1. The fourth-order valence-corrected chi connectivity index (χ4v) is 5.65. The van der Waals surface area contributed by atoms with Crippen LogP contribution in [0.2, 0.25) is 0 Å². The van der Waals surface area contributed by atoms with Gasteiger partial charge in [0.05, 0.1) is 18.3 Å². The summed E-state index contributed by atoms with van der Waals surface area (Å²) in [5.41, 5.74) is 4.52. The summed E-state index contributed by atoms with van der Waals surface area (Å²) in [5, 5.41) is 0. The molecule has 3 aliphatic rings. The Morgan fingerprint density at radius 1 is 0.938 bits per heavy atom. The highest BCUT2D eigenvalue weighted by Gasteiger charge is 2.59. The summed E-state index contributed by atoms with van der Waals surface area (Å²) >= 11 is 6.04. The molecule has 0 saturated carbocycles. The molecule has 0 radical (unpaired) electrons. The molecule has 0 unspecified atom stereocenters. The van der Waals surface area contributed by atoms with Crippen LogP contribution in [0.25, 0.3) is 5.69 Å². The van der Waals surface area contributed by atoms with Crippen LogP contribution < -0.4 is 0 Å². The smallest absolute Gasteiger partial charge is 0.189 e. The van der Waals surface area contributed by atoms with Gasteiger partial charge in [-0.05, 0) is 71.8 Å². The van der Waals surface area contributed by atoms with Gasteiger partial charge in [-0.15, -0.1) is 0 Å². The molecule has 3 aliphatic heterocycles. The summed E-state index contributed by atoms with van der Waals surface area (Å²) in [6.45, 7) is 14.4. The molecule has 0 amide bonds. The molecule has 32 heavy (non-hydrogen) atoms. The van der Waals surface area contributed by atoms with Gasteiger partial charge in [-0.2, -0.15) is 0 Å². The number of nitrogens with zero attached hydrogens (tertiary/aromatic N) is 2. The average Bonchev–Trinajstić information content (AvgIpc) is 3.37. The number of imidazole rings is 1. The van der Waals surface area contributed by atoms with E-state index < -0.39 is 17.9 Å². The van der Waals surface area contributed by atoms with Crippen molar-refractivity contribution in [1.82, 2.24) is 9.13 Å². The van der Waals surface area contributed by atoms with Crippen molar-refractivity contribution in [2.45, 2.75) is 90.7 Å². The first kappa shape index (κ1) is 22.3. The van der Waals surface area contributed by atoms with E-state index in [0.29, 0.717) is 11.4 Å². The normalized spacial score (nSPS) is 33.0. The molecule has 7 nitrogen and oxygen atoms in total. The van der Waals surface area contributed by atoms with Crippen molar-refractivity contribution in [2.75, 3.05) is 6.61 Å². The minimum atomic E-state index is -0.725. The van der Waals surface area contributed by atoms with Gasteiger partial charge in [-0.1, -0.05) is 18.2 Å². The lowest BCUT2D eigenvalue weighted by Crippen LogP contribution is -2.40. The Morgan fingerprint density at radius 2 is 1.62 bits per heavy atom. The number of hydrogen-bond acceptors (Lipinski definition) is 6. The molecule has 2 aromatic rings. The highest BCUT2D eigenvalue weighted by atomic mass is 32.1. The SMILES string of the molecule is Cc1cccc(C)c1-n1c(C)cn([C@H]2[C@H]3OC(C)(C)O[C@H]3O[C@@H]2[C@H]2COC(C)(C)O2)c1=S. The van der Waals surface area contributed by atoms with E-state index in [9.17, 15) is 0 Å². The quantitative estimate of drug-likeness (QED) is 0.629. The molecule has 0 bridgehead atoms. The van der Waals surface area contributed by atoms with Gasteiger partial charge in [0.2, 0.25) is 0 Å². The van der Waals surface area contributed by atoms with Crippen LogP contribution in [0, 0.1) is 25.5 Å². The molecule has 1 aromatic carbocycles. The lowest BCUT2D eigenvalue weighted by atomic mass is 10.0. The first-order valence-electron chi connectivity index (χ1n) is 11.2. The third-order valence-corrected chi connectivity index (χ3v) is 6.92. The van der Waals surface area contributed by atoms with Gasteiger partial charge in [-0.25, -0.2) is 0 Å². The summed E-state index contributed by atoms with van der Waals surface area (Å²) in [6, 6.07) is 6.09. The van der Waals surface area contributed by atoms with Crippen LogP contribution in [0.15, 0.2) is 24.4 Å². The predicted octanol–water partition coefficient (Wildman–Crippen LogP) is 4.50. The van der Waals surface area contributed by atoms with Crippen LogP contribution in [-0.2, 0) is 23.7 Å². The third-order valence-electron chi connectivity index (χ3n) is 6.52. The third kappa shape index (κ3) is 3.57. The van der Waals surface area contributed by atoms with Crippen molar-refractivity contribution in [3.63, 3.8) is 0 Å². The minimum Gasteiger partial charge on any atom is -0.348 e. The molecule has 5 atom stereocenters. The van der Waals surface area contributed by atoms with Gasteiger partial charge < -0.3 is 28.3 Å². The highest BCUT2D eigenvalue weighted by molar-refractivity contribution is 7.71. The van der Waals surface area contributed by atoms with E-state index in [1.165, 1.54) is 11.1 Å². The Balaban J connectivity index is 1.60. The fourth-order valence-electron chi connectivity index (χ4n) is 5.24. The van der Waals surface area contributed by atoms with Crippen molar-refractivity contribution >= 4 is 12.2 Å². The highest BCUT2D eigenvalue weighted by Crippen LogP contribution is 2.46. The second-order valence-corrected chi connectivity index (χ2v) is 10.3. The van der Waals surface area contributed by atoms with Crippen LogP contribution in [0.5, 0.6) is 0 Å². The average molecular weight is 461 g/mol. The Hall–Kier alpha value is -1.55. The second kappa shape index (κ2) is 7.48. The number of aryl methyl sites for hydroxylation is 3. The first-order chi connectivity index (χ1) is 15.0. The molecule has 3 fully saturated rings. The van der Waals surface area contributed by atoms with E-state index in [-0.39, 0.29) is 24.4 Å². The van der Waals surface area contributed by atoms with Crippen molar-refractivity contribution < 1.29 is 23.7 Å². The maximum atomic E-state index is 6.39. The van der Waals surface area contributed by atoms with Crippen LogP contribution >= 0.6 is 12.2 Å². The predicted molar refractivity (Wildman–Crippen MR) is 121 cm³/mol. The molecular formula is C24H32N2O5S. The molecule has 0 spiro atoms. The molecule has 5 rings (SSSR count). The van der Waals surface area contributed by atoms with E-state index in [1.54, 1.807) is 0 Å². The summed E-state index contributed by atoms with van der Waals surface area (Å²) in [4.78, 5) is 0. The van der Waals surface area contributed by atoms with Gasteiger partial charge in [0.15, 0.2) is 22.6 Å². The number of hydrogen-bond donors (Lipinski definition) is 0. The number of aromatic nitrogens is 2. The number of rotatable bonds is 3. The number of ether oxygens (including phenoxy) is 5. The largest absolute Gasteiger partial charge is 0.348 e. The summed E-state index contributed by atoms with van der Waals surface area (Å²) in [5.74, 6) is -1.38.